The highest BCUT2D eigenvalue weighted by molar-refractivity contribution is 6.31. The number of nitrogens with zero attached hydrogens (tertiary/aromatic N) is 3. The highest BCUT2D eigenvalue weighted by Gasteiger charge is 2.34. The van der Waals surface area contributed by atoms with Gasteiger partial charge < -0.3 is 24.8 Å². The van der Waals surface area contributed by atoms with Gasteiger partial charge in [-0.25, -0.2) is 23.5 Å². The molecule has 0 radical (unpaired) electrons. The minimum atomic E-state index is -0.959. The normalized spacial score (nSPS) is 13.6. The molecule has 1 amide bonds. The number of fused-ring (bicyclic) bond motifs is 1. The van der Waals surface area contributed by atoms with E-state index in [9.17, 15) is 18.7 Å². The number of carbonyl (C=O) groups excluding carboxylic acids is 1. The lowest BCUT2D eigenvalue weighted by Gasteiger charge is -2.38. The van der Waals surface area contributed by atoms with Gasteiger partial charge in [-0.15, -0.1) is 0 Å². The Morgan fingerprint density at radius 1 is 1.30 bits per heavy atom. The molecule has 1 aromatic heterocycles. The van der Waals surface area contributed by atoms with Gasteiger partial charge in [-0.2, -0.15) is 0 Å². The van der Waals surface area contributed by atoms with Crippen LogP contribution in [-0.2, 0) is 4.74 Å². The molecule has 33 heavy (non-hydrogen) atoms. The molecular weight excluding hydrogens is 458 g/mol. The van der Waals surface area contributed by atoms with Gasteiger partial charge in [0.05, 0.1) is 30.9 Å². The number of ether oxygens (including phenoxy) is 2. The summed E-state index contributed by atoms with van der Waals surface area (Å²) >= 11 is 5.65. The lowest BCUT2D eigenvalue weighted by molar-refractivity contribution is 0.00997. The second-order valence-corrected chi connectivity index (χ2v) is 7.90. The minimum absolute atomic E-state index is 0.0758. The van der Waals surface area contributed by atoms with Gasteiger partial charge in [-0.3, -0.25) is 0 Å². The third kappa shape index (κ3) is 4.85. The number of anilines is 2. The van der Waals surface area contributed by atoms with Crippen LogP contribution >= 0.6 is 11.6 Å². The van der Waals surface area contributed by atoms with Gasteiger partial charge in [0.2, 0.25) is 0 Å². The second kappa shape index (κ2) is 9.62. The summed E-state index contributed by atoms with van der Waals surface area (Å²) in [6.45, 7) is 3.02. The molecular formula is C22H21ClF2N4O4. The molecule has 11 heteroatoms. The number of phenols is 1. The summed E-state index contributed by atoms with van der Waals surface area (Å²) in [7, 11) is 0. The summed E-state index contributed by atoms with van der Waals surface area (Å²) < 4.78 is 38.8. The molecule has 1 aliphatic heterocycles. The molecule has 2 heterocycles. The number of aromatic nitrogens is 2. The van der Waals surface area contributed by atoms with Crippen LogP contribution in [0, 0.1) is 11.6 Å². The molecule has 8 nitrogen and oxygen atoms in total. The average molecular weight is 479 g/mol. The van der Waals surface area contributed by atoms with Crippen molar-refractivity contribution in [1.29, 1.82) is 0 Å². The summed E-state index contributed by atoms with van der Waals surface area (Å²) in [6.07, 6.45) is 2.24. The first-order valence-corrected chi connectivity index (χ1v) is 10.7. The number of hydrogen-bond donors (Lipinski definition) is 2. The largest absolute Gasteiger partial charge is 0.504 e. The molecule has 3 aromatic rings. The second-order valence-electron chi connectivity index (χ2n) is 7.52. The van der Waals surface area contributed by atoms with E-state index in [0.717, 1.165) is 18.9 Å². The Balaban J connectivity index is 1.50. The molecule has 2 N–H and O–H groups in total. The highest BCUT2D eigenvalue weighted by Crippen LogP contribution is 2.36. The third-order valence-corrected chi connectivity index (χ3v) is 5.47. The van der Waals surface area contributed by atoms with Gasteiger partial charge in [0, 0.05) is 11.5 Å². The number of aromatic hydroxyl groups is 1. The smallest absolute Gasteiger partial charge is 0.410 e. The van der Waals surface area contributed by atoms with E-state index in [-0.39, 0.29) is 29.1 Å². The van der Waals surface area contributed by atoms with Crippen molar-refractivity contribution in [2.75, 3.05) is 25.0 Å². The molecule has 0 atom stereocenters. The number of nitrogens with one attached hydrogen (secondary N) is 1. The predicted molar refractivity (Wildman–Crippen MR) is 118 cm³/mol. The number of halogens is 3. The van der Waals surface area contributed by atoms with Gasteiger partial charge in [0.25, 0.3) is 0 Å². The molecule has 0 aliphatic carbocycles. The Hall–Kier alpha value is -3.40. The number of benzene rings is 2. The van der Waals surface area contributed by atoms with E-state index in [2.05, 4.69) is 15.3 Å². The molecule has 0 unspecified atom stereocenters. The van der Waals surface area contributed by atoms with Crippen LogP contribution in [0.5, 0.6) is 11.5 Å². The Morgan fingerprint density at radius 3 is 2.85 bits per heavy atom. The number of unbranched alkanes of at least 4 members (excludes halogenated alkanes) is 1. The van der Waals surface area contributed by atoms with E-state index in [1.54, 1.807) is 0 Å². The van der Waals surface area contributed by atoms with Crippen molar-refractivity contribution in [2.24, 2.45) is 0 Å². The topological polar surface area (TPSA) is 96.8 Å². The minimum Gasteiger partial charge on any atom is -0.504 e. The third-order valence-electron chi connectivity index (χ3n) is 5.13. The zero-order valence-corrected chi connectivity index (χ0v) is 18.4. The fraction of sp³-hybridized carbons (Fsp3) is 0.318. The van der Waals surface area contributed by atoms with Gasteiger partial charge in [0.1, 0.15) is 29.1 Å². The molecule has 4 rings (SSSR count). The monoisotopic (exact) mass is 478 g/mol. The molecule has 1 aliphatic rings. The number of hydrogen-bond acceptors (Lipinski definition) is 7. The quantitative estimate of drug-likeness (QED) is 0.364. The van der Waals surface area contributed by atoms with E-state index >= 15 is 0 Å². The summed E-state index contributed by atoms with van der Waals surface area (Å²) in [5.41, 5.74) is 0.300. The first-order valence-electron chi connectivity index (χ1n) is 10.3. The maximum absolute atomic E-state index is 14.3. The van der Waals surface area contributed by atoms with Gasteiger partial charge in [-0.05, 0) is 24.6 Å². The van der Waals surface area contributed by atoms with E-state index in [1.807, 2.05) is 6.92 Å². The van der Waals surface area contributed by atoms with Gasteiger partial charge in [0.15, 0.2) is 17.3 Å². The Morgan fingerprint density at radius 2 is 2.09 bits per heavy atom. The van der Waals surface area contributed by atoms with Crippen molar-refractivity contribution < 1.29 is 28.2 Å². The molecule has 0 bridgehead atoms. The number of rotatable bonds is 7. The van der Waals surface area contributed by atoms with Gasteiger partial charge >= 0.3 is 6.09 Å². The maximum atomic E-state index is 14.3. The highest BCUT2D eigenvalue weighted by atomic mass is 35.5. The van der Waals surface area contributed by atoms with Crippen molar-refractivity contribution in [1.82, 2.24) is 14.9 Å². The van der Waals surface area contributed by atoms with Crippen molar-refractivity contribution >= 4 is 40.1 Å². The van der Waals surface area contributed by atoms with Crippen LogP contribution in [0.2, 0.25) is 5.02 Å². The molecule has 1 fully saturated rings. The molecule has 0 spiro atoms. The fourth-order valence-electron chi connectivity index (χ4n) is 3.25. The van der Waals surface area contributed by atoms with Crippen molar-refractivity contribution in [3.8, 4) is 11.5 Å². The SMILES string of the molecule is CCCCOC(=O)N1CC(Oc2cc3c(Nc4ccc(F)c(Cl)c4F)ncnc3cc2O)C1. The van der Waals surface area contributed by atoms with E-state index < -0.39 is 22.8 Å². The van der Waals surface area contributed by atoms with E-state index in [1.165, 1.54) is 29.4 Å². The maximum Gasteiger partial charge on any atom is 0.410 e. The lowest BCUT2D eigenvalue weighted by atomic mass is 10.1. The summed E-state index contributed by atoms with van der Waals surface area (Å²) in [6, 6.07) is 5.14. The predicted octanol–water partition coefficient (Wildman–Crippen LogP) is 5.01. The van der Waals surface area contributed by atoms with Crippen LogP contribution < -0.4 is 10.1 Å². The summed E-state index contributed by atoms with van der Waals surface area (Å²) in [5.74, 6) is -1.62. The van der Waals surface area contributed by atoms with E-state index in [4.69, 9.17) is 21.1 Å². The number of phenolic OH excluding ortho intramolecular Hbond substituents is 1. The average Bonchev–Trinajstić information content (AvgIpc) is 2.76. The van der Waals surface area contributed by atoms with Gasteiger partial charge in [-0.1, -0.05) is 24.9 Å². The molecule has 1 saturated heterocycles. The van der Waals surface area contributed by atoms with Crippen LogP contribution in [0.15, 0.2) is 30.6 Å². The number of amides is 1. The molecule has 0 saturated carbocycles. The summed E-state index contributed by atoms with van der Waals surface area (Å²) in [5, 5.41) is 12.9. The van der Waals surface area contributed by atoms with Crippen molar-refractivity contribution in [2.45, 2.75) is 25.9 Å². The zero-order chi connectivity index (χ0) is 23.5. The number of likely N-dealkylation sites (tertiary alicyclic amines) is 1. The first-order chi connectivity index (χ1) is 15.9. The standard InChI is InChI=1S/C22H21ClF2N4O4/c1-2-3-6-32-22(31)29-9-12(10-29)33-18-7-13-16(8-17(18)30)26-11-27-21(13)28-15-5-4-14(24)19(23)20(15)25/h4-5,7-8,11-12,30H,2-3,6,9-10H2,1H3,(H,26,27,28). The van der Waals surface area contributed by atoms with Crippen LogP contribution in [0.3, 0.4) is 0 Å². The first kappa shape index (κ1) is 22.8. The summed E-state index contributed by atoms with van der Waals surface area (Å²) in [4.78, 5) is 21.7. The van der Waals surface area contributed by atoms with Crippen LogP contribution in [-0.4, -0.2) is 51.9 Å². The van der Waals surface area contributed by atoms with E-state index in [0.29, 0.717) is 30.6 Å². The molecule has 174 valence electrons. The van der Waals surface area contributed by atoms with Crippen molar-refractivity contribution in [3.63, 3.8) is 0 Å². The Labute approximate surface area is 193 Å². The zero-order valence-electron chi connectivity index (χ0n) is 17.6. The number of carbonyl (C=O) groups is 1. The Kier molecular flexibility index (Phi) is 6.64. The van der Waals surface area contributed by atoms with Crippen LogP contribution in [0.25, 0.3) is 10.9 Å². The van der Waals surface area contributed by atoms with Crippen molar-refractivity contribution in [3.05, 3.63) is 47.2 Å². The Bertz CT molecular complexity index is 1190. The van der Waals surface area contributed by atoms with Crippen LogP contribution in [0.4, 0.5) is 25.1 Å². The van der Waals surface area contributed by atoms with Crippen LogP contribution in [0.1, 0.15) is 19.8 Å². The lowest BCUT2D eigenvalue weighted by Crippen LogP contribution is -2.56. The fourth-order valence-corrected chi connectivity index (χ4v) is 3.42. The molecule has 2 aromatic carbocycles.